The number of nitrogens with zero attached hydrogens (tertiary/aromatic N) is 1. The Labute approximate surface area is 249 Å². The van der Waals surface area contributed by atoms with E-state index in [9.17, 15) is 19.2 Å². The number of hydrogen-bond donors (Lipinski definition) is 1. The summed E-state index contributed by atoms with van der Waals surface area (Å²) in [5.74, 6) is -1.17. The fraction of sp³-hybridized carbons (Fsp3) is 0.172. The van der Waals surface area contributed by atoms with Gasteiger partial charge in [0.05, 0.1) is 39.2 Å². The Bertz CT molecular complexity index is 1530. The Balaban J connectivity index is 1.64. The first-order valence-corrected chi connectivity index (χ1v) is 13.2. The van der Waals surface area contributed by atoms with E-state index in [1.807, 2.05) is 0 Å². The van der Waals surface area contributed by atoms with E-state index >= 15 is 0 Å². The molecule has 4 rings (SSSR count). The van der Waals surface area contributed by atoms with Crippen LogP contribution >= 0.6 is 22.6 Å². The number of hydrogen-bond acceptors (Lipinski definition) is 9. The molecule has 1 aliphatic rings. The van der Waals surface area contributed by atoms with E-state index in [2.05, 4.69) is 27.9 Å². The average Bonchev–Trinajstić information content (AvgIpc) is 2.96. The average molecular weight is 672 g/mol. The molecular formula is C29H25IN2O9. The van der Waals surface area contributed by atoms with Crippen molar-refractivity contribution in [3.63, 3.8) is 0 Å². The van der Waals surface area contributed by atoms with Gasteiger partial charge in [0.2, 0.25) is 5.75 Å². The second-order valence-corrected chi connectivity index (χ2v) is 9.62. The number of urea groups is 1. The quantitative estimate of drug-likeness (QED) is 0.114. The number of benzene rings is 3. The minimum Gasteiger partial charge on any atom is -0.493 e. The lowest BCUT2D eigenvalue weighted by atomic mass is 10.1. The van der Waals surface area contributed by atoms with Gasteiger partial charge in [0.15, 0.2) is 23.0 Å². The maximum Gasteiger partial charge on any atom is 0.343 e. The molecule has 0 bridgehead atoms. The fourth-order valence-electron chi connectivity index (χ4n) is 3.97. The maximum atomic E-state index is 13.2. The van der Waals surface area contributed by atoms with Crippen LogP contribution in [0.1, 0.15) is 22.8 Å². The number of nitrogens with one attached hydrogen (secondary N) is 1. The summed E-state index contributed by atoms with van der Waals surface area (Å²) in [4.78, 5) is 52.2. The van der Waals surface area contributed by atoms with Crippen LogP contribution in [-0.2, 0) is 9.59 Å². The summed E-state index contributed by atoms with van der Waals surface area (Å²) < 4.78 is 28.1. The molecule has 212 valence electrons. The van der Waals surface area contributed by atoms with Crippen LogP contribution in [0.4, 0.5) is 10.5 Å². The number of imide groups is 2. The van der Waals surface area contributed by atoms with Crippen molar-refractivity contribution in [2.75, 3.05) is 32.8 Å². The first-order chi connectivity index (χ1) is 19.7. The number of methoxy groups -OCH3 is 3. The van der Waals surface area contributed by atoms with Gasteiger partial charge in [-0.3, -0.25) is 14.9 Å². The number of rotatable bonds is 9. The molecule has 3 aromatic rings. The SMILES string of the molecule is CCOc1cc(/C=C2\C(=O)NC(=O)N(c3ccc(I)cc3)C2=O)ccc1OC(=O)c1cc(OC)c(OC)c(OC)c1. The third-order valence-electron chi connectivity index (χ3n) is 5.87. The lowest BCUT2D eigenvalue weighted by Crippen LogP contribution is -2.54. The van der Waals surface area contributed by atoms with Crippen LogP contribution in [0, 0.1) is 3.57 Å². The highest BCUT2D eigenvalue weighted by Gasteiger charge is 2.36. The zero-order valence-corrected chi connectivity index (χ0v) is 24.6. The Kier molecular flexibility index (Phi) is 9.12. The molecule has 0 aliphatic carbocycles. The first-order valence-electron chi connectivity index (χ1n) is 12.2. The van der Waals surface area contributed by atoms with Crippen molar-refractivity contribution < 1.29 is 42.9 Å². The summed E-state index contributed by atoms with van der Waals surface area (Å²) in [6.45, 7) is 1.99. The number of anilines is 1. The van der Waals surface area contributed by atoms with Gasteiger partial charge in [0.25, 0.3) is 11.8 Å². The monoisotopic (exact) mass is 672 g/mol. The molecule has 11 nitrogen and oxygen atoms in total. The molecule has 1 heterocycles. The molecule has 0 unspecified atom stereocenters. The number of carbonyl (C=O) groups excluding carboxylic acids is 4. The number of carbonyl (C=O) groups is 4. The molecule has 0 aromatic heterocycles. The Morgan fingerprint density at radius 2 is 1.54 bits per heavy atom. The zero-order chi connectivity index (χ0) is 29.7. The molecular weight excluding hydrogens is 647 g/mol. The van der Waals surface area contributed by atoms with E-state index in [1.165, 1.54) is 51.7 Å². The number of ether oxygens (including phenoxy) is 5. The molecule has 0 spiro atoms. The highest BCUT2D eigenvalue weighted by molar-refractivity contribution is 14.1. The fourth-order valence-corrected chi connectivity index (χ4v) is 4.33. The Morgan fingerprint density at radius 1 is 0.878 bits per heavy atom. The Morgan fingerprint density at radius 3 is 2.12 bits per heavy atom. The van der Waals surface area contributed by atoms with Crippen LogP contribution in [0.15, 0.2) is 60.2 Å². The van der Waals surface area contributed by atoms with Crippen molar-refractivity contribution in [3.8, 4) is 28.7 Å². The predicted octanol–water partition coefficient (Wildman–Crippen LogP) is 4.60. The molecule has 4 amide bonds. The molecule has 3 aromatic carbocycles. The van der Waals surface area contributed by atoms with Crippen molar-refractivity contribution in [2.24, 2.45) is 0 Å². The highest BCUT2D eigenvalue weighted by Crippen LogP contribution is 2.39. The first kappa shape index (κ1) is 29.4. The van der Waals surface area contributed by atoms with E-state index in [4.69, 9.17) is 23.7 Å². The summed E-state index contributed by atoms with van der Waals surface area (Å²) in [6, 6.07) is 13.3. The number of esters is 1. The minimum atomic E-state index is -0.845. The summed E-state index contributed by atoms with van der Waals surface area (Å²) >= 11 is 2.10. The molecule has 0 radical (unpaired) electrons. The number of barbiturate groups is 1. The number of halogens is 1. The van der Waals surface area contributed by atoms with E-state index in [1.54, 1.807) is 37.3 Å². The smallest absolute Gasteiger partial charge is 0.343 e. The van der Waals surface area contributed by atoms with Crippen LogP contribution in [-0.4, -0.2) is 51.8 Å². The second kappa shape index (κ2) is 12.7. The van der Waals surface area contributed by atoms with Gasteiger partial charge in [0.1, 0.15) is 5.57 Å². The molecule has 0 atom stereocenters. The van der Waals surface area contributed by atoms with Gasteiger partial charge in [-0.1, -0.05) is 6.07 Å². The van der Waals surface area contributed by atoms with Gasteiger partial charge in [-0.25, -0.2) is 14.5 Å². The van der Waals surface area contributed by atoms with Gasteiger partial charge in [-0.15, -0.1) is 0 Å². The molecule has 12 heteroatoms. The summed E-state index contributed by atoms with van der Waals surface area (Å²) in [7, 11) is 4.31. The van der Waals surface area contributed by atoms with Crippen molar-refractivity contribution >= 4 is 58.2 Å². The summed E-state index contributed by atoms with van der Waals surface area (Å²) in [5.41, 5.74) is 0.595. The van der Waals surface area contributed by atoms with Crippen molar-refractivity contribution in [1.82, 2.24) is 5.32 Å². The van der Waals surface area contributed by atoms with Crippen LogP contribution in [0.3, 0.4) is 0 Å². The van der Waals surface area contributed by atoms with Gasteiger partial charge in [-0.05, 0) is 89.7 Å². The topological polar surface area (TPSA) is 130 Å². The lowest BCUT2D eigenvalue weighted by molar-refractivity contribution is -0.122. The standard InChI is InChI=1S/C29H25IN2O9/c1-5-40-22-13-16(12-20-26(33)31-29(36)32(27(20)34)19-9-7-18(30)8-10-19)6-11-21(22)41-28(35)17-14-23(37-2)25(39-4)24(15-17)38-3/h6-15H,5H2,1-4H3,(H,31,33,36)/b20-12+. The van der Waals surface area contributed by atoms with Crippen molar-refractivity contribution in [3.05, 3.63) is 74.9 Å². The van der Waals surface area contributed by atoms with Crippen molar-refractivity contribution in [1.29, 1.82) is 0 Å². The number of amides is 4. The van der Waals surface area contributed by atoms with E-state index in [0.29, 0.717) is 17.0 Å². The molecule has 41 heavy (non-hydrogen) atoms. The molecule has 0 saturated carbocycles. The Hall–Kier alpha value is -4.59. The third-order valence-corrected chi connectivity index (χ3v) is 6.59. The van der Waals surface area contributed by atoms with Gasteiger partial charge in [0, 0.05) is 3.57 Å². The van der Waals surface area contributed by atoms with Gasteiger partial charge < -0.3 is 23.7 Å². The van der Waals surface area contributed by atoms with Gasteiger partial charge >= 0.3 is 12.0 Å². The predicted molar refractivity (Wildman–Crippen MR) is 157 cm³/mol. The second-order valence-electron chi connectivity index (χ2n) is 8.38. The van der Waals surface area contributed by atoms with Crippen molar-refractivity contribution in [2.45, 2.75) is 6.92 Å². The van der Waals surface area contributed by atoms with Crippen LogP contribution < -0.4 is 33.9 Å². The van der Waals surface area contributed by atoms with E-state index in [-0.39, 0.29) is 40.7 Å². The van der Waals surface area contributed by atoms with Gasteiger partial charge in [-0.2, -0.15) is 0 Å². The third kappa shape index (κ3) is 6.27. The van der Waals surface area contributed by atoms with Crippen LogP contribution in [0.2, 0.25) is 0 Å². The summed E-state index contributed by atoms with van der Waals surface area (Å²) in [5, 5.41) is 2.19. The molecule has 1 aliphatic heterocycles. The normalized spacial score (nSPS) is 14.0. The zero-order valence-electron chi connectivity index (χ0n) is 22.5. The molecule has 1 fully saturated rings. The minimum absolute atomic E-state index is 0.0999. The maximum absolute atomic E-state index is 13.2. The molecule has 1 N–H and O–H groups in total. The lowest BCUT2D eigenvalue weighted by Gasteiger charge is -2.26. The largest absolute Gasteiger partial charge is 0.493 e. The van der Waals surface area contributed by atoms with Crippen LogP contribution in [0.25, 0.3) is 6.08 Å². The van der Waals surface area contributed by atoms with E-state index < -0.39 is 23.8 Å². The molecule has 1 saturated heterocycles. The van der Waals surface area contributed by atoms with E-state index in [0.717, 1.165) is 8.47 Å². The highest BCUT2D eigenvalue weighted by atomic mass is 127. The summed E-state index contributed by atoms with van der Waals surface area (Å²) in [6.07, 6.45) is 1.33. The van der Waals surface area contributed by atoms with Crippen LogP contribution in [0.5, 0.6) is 28.7 Å².